The van der Waals surface area contributed by atoms with Crippen LogP contribution in [0, 0.1) is 13.8 Å². The van der Waals surface area contributed by atoms with Crippen LogP contribution in [0.3, 0.4) is 0 Å². The molecule has 0 aliphatic rings. The highest BCUT2D eigenvalue weighted by Gasteiger charge is 2.17. The highest BCUT2D eigenvalue weighted by molar-refractivity contribution is 5.77. The Morgan fingerprint density at radius 3 is 2.77 bits per heavy atom. The van der Waals surface area contributed by atoms with Crippen molar-refractivity contribution in [2.75, 3.05) is 6.61 Å². The number of aryl methyl sites for hydroxylation is 2. The Hall–Kier alpha value is -3.08. The van der Waals surface area contributed by atoms with E-state index < -0.39 is 0 Å². The van der Waals surface area contributed by atoms with Gasteiger partial charge in [0.1, 0.15) is 11.5 Å². The number of benzene rings is 1. The van der Waals surface area contributed by atoms with Crippen LogP contribution in [0.5, 0.6) is 5.75 Å². The van der Waals surface area contributed by atoms with Gasteiger partial charge in [-0.1, -0.05) is 18.2 Å². The van der Waals surface area contributed by atoms with Gasteiger partial charge in [-0.3, -0.25) is 9.78 Å². The fraction of sp³-hybridized carbons (Fsp3) is 0.238. The Balaban J connectivity index is 1.70. The molecule has 5 heteroatoms. The van der Waals surface area contributed by atoms with Crippen molar-refractivity contribution < 1.29 is 13.9 Å². The number of aromatic nitrogens is 1. The number of carbonyl (C=O) groups excluding carboxylic acids is 1. The van der Waals surface area contributed by atoms with E-state index in [1.54, 1.807) is 23.6 Å². The van der Waals surface area contributed by atoms with E-state index in [1.165, 1.54) is 0 Å². The Kier molecular flexibility index (Phi) is 5.69. The van der Waals surface area contributed by atoms with Gasteiger partial charge >= 0.3 is 0 Å². The largest absolute Gasteiger partial charge is 0.483 e. The molecule has 0 atom stereocenters. The molecule has 0 spiro atoms. The van der Waals surface area contributed by atoms with Crippen LogP contribution in [0.25, 0.3) is 0 Å². The third-order valence-electron chi connectivity index (χ3n) is 4.07. The Morgan fingerprint density at radius 1 is 1.15 bits per heavy atom. The second-order valence-electron chi connectivity index (χ2n) is 6.25. The van der Waals surface area contributed by atoms with Crippen LogP contribution in [-0.2, 0) is 17.9 Å². The molecule has 1 aromatic carbocycles. The molecule has 3 rings (SSSR count). The summed E-state index contributed by atoms with van der Waals surface area (Å²) in [5, 5.41) is 0. The van der Waals surface area contributed by atoms with E-state index in [0.29, 0.717) is 13.1 Å². The van der Waals surface area contributed by atoms with Crippen LogP contribution in [-0.4, -0.2) is 22.4 Å². The number of hydrogen-bond acceptors (Lipinski definition) is 4. The monoisotopic (exact) mass is 350 g/mol. The number of hydrogen-bond donors (Lipinski definition) is 0. The smallest absolute Gasteiger partial charge is 0.261 e. The number of rotatable bonds is 7. The average molecular weight is 350 g/mol. The van der Waals surface area contributed by atoms with E-state index in [4.69, 9.17) is 9.15 Å². The summed E-state index contributed by atoms with van der Waals surface area (Å²) in [5.41, 5.74) is 3.06. The molecular formula is C21H22N2O3. The van der Waals surface area contributed by atoms with Gasteiger partial charge in [0.15, 0.2) is 6.61 Å². The Morgan fingerprint density at radius 2 is 2.04 bits per heavy atom. The standard InChI is InChI=1S/C21H22N2O3/c1-16-7-8-17(2)20(11-16)26-15-21(24)23(14-19-6-4-10-25-19)13-18-5-3-9-22-12-18/h3-12H,13-15H2,1-2H3. The van der Waals surface area contributed by atoms with Crippen molar-refractivity contribution >= 4 is 5.91 Å². The van der Waals surface area contributed by atoms with Crippen molar-refractivity contribution in [3.63, 3.8) is 0 Å². The SMILES string of the molecule is Cc1ccc(C)c(OCC(=O)N(Cc2cccnc2)Cc2ccco2)c1. The van der Waals surface area contributed by atoms with Gasteiger partial charge in [-0.05, 0) is 54.8 Å². The van der Waals surface area contributed by atoms with Gasteiger partial charge in [0.25, 0.3) is 5.91 Å². The molecule has 0 aliphatic carbocycles. The van der Waals surface area contributed by atoms with Crippen molar-refractivity contribution in [1.82, 2.24) is 9.88 Å². The van der Waals surface area contributed by atoms with Crippen molar-refractivity contribution in [3.8, 4) is 5.75 Å². The number of furan rings is 1. The van der Waals surface area contributed by atoms with Gasteiger partial charge in [-0.25, -0.2) is 0 Å². The summed E-state index contributed by atoms with van der Waals surface area (Å²) in [7, 11) is 0. The molecule has 0 radical (unpaired) electrons. The predicted molar refractivity (Wildman–Crippen MR) is 98.6 cm³/mol. The van der Waals surface area contributed by atoms with E-state index in [1.807, 2.05) is 56.3 Å². The topological polar surface area (TPSA) is 55.6 Å². The van der Waals surface area contributed by atoms with E-state index in [2.05, 4.69) is 4.98 Å². The lowest BCUT2D eigenvalue weighted by Crippen LogP contribution is -2.34. The lowest BCUT2D eigenvalue weighted by Gasteiger charge is -2.22. The summed E-state index contributed by atoms with van der Waals surface area (Å²) in [4.78, 5) is 18.6. The summed E-state index contributed by atoms with van der Waals surface area (Å²) >= 11 is 0. The molecule has 0 fully saturated rings. The first-order valence-electron chi connectivity index (χ1n) is 8.51. The van der Waals surface area contributed by atoms with Crippen LogP contribution < -0.4 is 4.74 Å². The molecular weight excluding hydrogens is 328 g/mol. The molecule has 0 aliphatic heterocycles. The molecule has 0 saturated heterocycles. The zero-order chi connectivity index (χ0) is 18.4. The molecule has 1 amide bonds. The maximum Gasteiger partial charge on any atom is 0.261 e. The molecule has 3 aromatic rings. The highest BCUT2D eigenvalue weighted by atomic mass is 16.5. The maximum absolute atomic E-state index is 12.8. The number of ether oxygens (including phenoxy) is 1. The average Bonchev–Trinajstić information content (AvgIpc) is 3.15. The summed E-state index contributed by atoms with van der Waals surface area (Å²) in [5.74, 6) is 1.36. The van der Waals surface area contributed by atoms with Crippen LogP contribution in [0.15, 0.2) is 65.5 Å². The minimum absolute atomic E-state index is 0.0226. The summed E-state index contributed by atoms with van der Waals surface area (Å²) in [6, 6.07) is 13.4. The zero-order valence-corrected chi connectivity index (χ0v) is 15.0. The van der Waals surface area contributed by atoms with Crippen molar-refractivity contribution in [2.45, 2.75) is 26.9 Å². The predicted octanol–water partition coefficient (Wildman–Crippen LogP) is 3.90. The maximum atomic E-state index is 12.8. The summed E-state index contributed by atoms with van der Waals surface area (Å²) < 4.78 is 11.2. The van der Waals surface area contributed by atoms with Crippen molar-refractivity contribution in [1.29, 1.82) is 0 Å². The molecule has 0 unspecified atom stereocenters. The van der Waals surface area contributed by atoms with E-state index in [0.717, 1.165) is 28.2 Å². The highest BCUT2D eigenvalue weighted by Crippen LogP contribution is 2.19. The molecule has 0 bridgehead atoms. The van der Waals surface area contributed by atoms with E-state index in [9.17, 15) is 4.79 Å². The molecule has 0 saturated carbocycles. The first-order valence-corrected chi connectivity index (χ1v) is 8.51. The first kappa shape index (κ1) is 17.7. The minimum Gasteiger partial charge on any atom is -0.483 e. The zero-order valence-electron chi connectivity index (χ0n) is 15.0. The van der Waals surface area contributed by atoms with Crippen LogP contribution in [0.4, 0.5) is 0 Å². The molecule has 0 N–H and O–H groups in total. The van der Waals surface area contributed by atoms with Crippen LogP contribution in [0.2, 0.25) is 0 Å². The normalized spacial score (nSPS) is 10.5. The van der Waals surface area contributed by atoms with Crippen LogP contribution >= 0.6 is 0 Å². The lowest BCUT2D eigenvalue weighted by molar-refractivity contribution is -0.134. The molecule has 26 heavy (non-hydrogen) atoms. The fourth-order valence-electron chi connectivity index (χ4n) is 2.63. The van der Waals surface area contributed by atoms with Crippen molar-refractivity contribution in [2.24, 2.45) is 0 Å². The molecule has 5 nitrogen and oxygen atoms in total. The van der Waals surface area contributed by atoms with E-state index >= 15 is 0 Å². The lowest BCUT2D eigenvalue weighted by atomic mass is 10.1. The van der Waals surface area contributed by atoms with Gasteiger partial charge in [0.2, 0.25) is 0 Å². The molecule has 2 aromatic heterocycles. The van der Waals surface area contributed by atoms with Gasteiger partial charge in [0, 0.05) is 18.9 Å². The molecule has 2 heterocycles. The fourth-order valence-corrected chi connectivity index (χ4v) is 2.63. The van der Waals surface area contributed by atoms with Gasteiger partial charge in [-0.2, -0.15) is 0 Å². The number of carbonyl (C=O) groups is 1. The minimum atomic E-state index is -0.105. The second-order valence-corrected chi connectivity index (χ2v) is 6.25. The van der Waals surface area contributed by atoms with Gasteiger partial charge < -0.3 is 14.1 Å². The number of nitrogens with zero attached hydrogens (tertiary/aromatic N) is 2. The Bertz CT molecular complexity index is 845. The number of amides is 1. The van der Waals surface area contributed by atoms with Crippen LogP contribution in [0.1, 0.15) is 22.5 Å². The molecule has 134 valence electrons. The first-order chi connectivity index (χ1) is 12.6. The second kappa shape index (κ2) is 8.34. The number of pyridine rings is 1. The van der Waals surface area contributed by atoms with Gasteiger partial charge in [0.05, 0.1) is 12.8 Å². The third-order valence-corrected chi connectivity index (χ3v) is 4.07. The third kappa shape index (κ3) is 4.72. The van der Waals surface area contributed by atoms with Gasteiger partial charge in [-0.15, -0.1) is 0 Å². The summed E-state index contributed by atoms with van der Waals surface area (Å²) in [6.45, 7) is 4.78. The quantitative estimate of drug-likeness (QED) is 0.648. The summed E-state index contributed by atoms with van der Waals surface area (Å²) in [6.07, 6.45) is 5.08. The van der Waals surface area contributed by atoms with Crippen molar-refractivity contribution in [3.05, 3.63) is 83.6 Å². The Labute approximate surface area is 153 Å². The van der Waals surface area contributed by atoms with E-state index in [-0.39, 0.29) is 12.5 Å².